The van der Waals surface area contributed by atoms with Crippen LogP contribution in [0.5, 0.6) is 0 Å². The van der Waals surface area contributed by atoms with Gasteiger partial charge in [0, 0.05) is 56.3 Å². The van der Waals surface area contributed by atoms with E-state index in [9.17, 15) is 14.4 Å². The molecule has 0 radical (unpaired) electrons. The average molecular weight is 503 g/mol. The van der Waals surface area contributed by atoms with Gasteiger partial charge in [0.1, 0.15) is 11.2 Å². The molecule has 3 rings (SSSR count). The number of piperidine rings is 1. The molecule has 3 heterocycles. The summed E-state index contributed by atoms with van der Waals surface area (Å²) < 4.78 is 17.5. The van der Waals surface area contributed by atoms with E-state index in [0.29, 0.717) is 35.4 Å². The van der Waals surface area contributed by atoms with Gasteiger partial charge in [0.2, 0.25) is 0 Å². The maximum atomic E-state index is 13.1. The number of hydrogen-bond acceptors (Lipinski definition) is 8. The molecule has 0 spiro atoms. The van der Waals surface area contributed by atoms with Crippen LogP contribution in [0.25, 0.3) is 11.0 Å². The van der Waals surface area contributed by atoms with Crippen LogP contribution in [0, 0.1) is 0 Å². The lowest BCUT2D eigenvalue weighted by atomic mass is 10.0. The Morgan fingerprint density at radius 2 is 1.75 bits per heavy atom. The Bertz CT molecular complexity index is 1110. The number of aromatic nitrogens is 2. The fourth-order valence-corrected chi connectivity index (χ4v) is 4.07. The van der Waals surface area contributed by atoms with E-state index in [1.54, 1.807) is 37.9 Å². The van der Waals surface area contributed by atoms with Gasteiger partial charge in [-0.15, -0.1) is 0 Å². The number of carbonyl (C=O) groups excluding carboxylic acids is 3. The van der Waals surface area contributed by atoms with E-state index in [0.717, 1.165) is 12.8 Å². The van der Waals surface area contributed by atoms with Crippen molar-refractivity contribution in [1.82, 2.24) is 14.5 Å². The molecule has 10 nitrogen and oxygen atoms in total. The van der Waals surface area contributed by atoms with Crippen molar-refractivity contribution in [2.24, 2.45) is 0 Å². The van der Waals surface area contributed by atoms with Crippen LogP contribution in [0.1, 0.15) is 71.2 Å². The summed E-state index contributed by atoms with van der Waals surface area (Å²) in [7, 11) is 1.53. The smallest absolute Gasteiger partial charge is 0.420 e. The lowest BCUT2D eigenvalue weighted by Gasteiger charge is -2.35. The molecule has 2 aromatic heterocycles. The van der Waals surface area contributed by atoms with Crippen LogP contribution in [-0.4, -0.2) is 76.5 Å². The first-order chi connectivity index (χ1) is 16.8. The summed E-state index contributed by atoms with van der Waals surface area (Å²) in [4.78, 5) is 44.7. The van der Waals surface area contributed by atoms with Gasteiger partial charge in [-0.3, -0.25) is 4.79 Å². The highest BCUT2D eigenvalue weighted by Crippen LogP contribution is 2.31. The number of anilines is 1. The van der Waals surface area contributed by atoms with Crippen molar-refractivity contribution in [2.45, 2.75) is 78.0 Å². The molecule has 0 aliphatic carbocycles. The number of Topliss-reactive ketones (excluding diaryl/α,β-unsaturated/α-hetero) is 1. The number of ketones is 1. The molecule has 1 amide bonds. The van der Waals surface area contributed by atoms with E-state index in [4.69, 9.17) is 14.2 Å². The zero-order chi connectivity index (χ0) is 26.7. The lowest BCUT2D eigenvalue weighted by molar-refractivity contribution is 0.0206. The lowest BCUT2D eigenvalue weighted by Crippen LogP contribution is -2.47. The molecule has 0 aromatic carbocycles. The van der Waals surface area contributed by atoms with Crippen LogP contribution >= 0.6 is 0 Å². The Hall–Kier alpha value is -3.14. The summed E-state index contributed by atoms with van der Waals surface area (Å²) in [6.45, 7) is 12.2. The molecular formula is C26H38N4O6. The Balaban J connectivity index is 1.94. The Morgan fingerprint density at radius 3 is 2.39 bits per heavy atom. The molecule has 198 valence electrons. The summed E-state index contributed by atoms with van der Waals surface area (Å²) in [6, 6.07) is 1.71. The van der Waals surface area contributed by atoms with Crippen molar-refractivity contribution in [3.63, 3.8) is 0 Å². The predicted molar refractivity (Wildman–Crippen MR) is 137 cm³/mol. The number of nitrogens with one attached hydrogen (secondary N) is 1. The zero-order valence-electron chi connectivity index (χ0n) is 22.3. The quantitative estimate of drug-likeness (QED) is 0.558. The minimum atomic E-state index is -0.711. The highest BCUT2D eigenvalue weighted by molar-refractivity contribution is 6.13. The predicted octanol–water partition coefficient (Wildman–Crippen LogP) is 4.85. The van der Waals surface area contributed by atoms with Gasteiger partial charge < -0.3 is 24.4 Å². The van der Waals surface area contributed by atoms with Crippen LogP contribution in [0.2, 0.25) is 0 Å². The van der Waals surface area contributed by atoms with Crippen LogP contribution in [0.3, 0.4) is 0 Å². The van der Waals surface area contributed by atoms with E-state index in [-0.39, 0.29) is 30.9 Å². The summed E-state index contributed by atoms with van der Waals surface area (Å²) in [6.07, 6.45) is 3.92. The summed E-state index contributed by atoms with van der Waals surface area (Å²) in [5, 5.41) is 4.03. The van der Waals surface area contributed by atoms with Crippen LogP contribution < -0.4 is 5.32 Å². The Labute approximate surface area is 212 Å². The maximum absolute atomic E-state index is 13.1. The maximum Gasteiger partial charge on any atom is 0.420 e. The number of pyridine rings is 1. The Morgan fingerprint density at radius 1 is 1.08 bits per heavy atom. The topological polar surface area (TPSA) is 112 Å². The molecule has 2 aromatic rings. The van der Waals surface area contributed by atoms with E-state index in [1.165, 1.54) is 17.9 Å². The SMILES string of the molecule is COCCC(=O)c1cn(C(=O)OC(C)(C)C)c2nccc(N[C@@H]3CCCN(C(=O)OC(C)(C)C)C3)c12. The Kier molecular flexibility index (Phi) is 8.28. The largest absolute Gasteiger partial charge is 0.444 e. The summed E-state index contributed by atoms with van der Waals surface area (Å²) in [5.41, 5.74) is 0.0746. The fourth-order valence-electron chi connectivity index (χ4n) is 4.07. The number of fused-ring (bicyclic) bond motifs is 1. The zero-order valence-corrected chi connectivity index (χ0v) is 22.3. The second-order valence-corrected chi connectivity index (χ2v) is 11.0. The molecule has 10 heteroatoms. The highest BCUT2D eigenvalue weighted by atomic mass is 16.6. The van der Waals surface area contributed by atoms with Crippen molar-refractivity contribution in [3.8, 4) is 0 Å². The van der Waals surface area contributed by atoms with Gasteiger partial charge in [0.25, 0.3) is 0 Å². The van der Waals surface area contributed by atoms with Gasteiger partial charge in [0.15, 0.2) is 11.4 Å². The molecular weight excluding hydrogens is 464 g/mol. The van der Waals surface area contributed by atoms with E-state index in [1.807, 2.05) is 20.8 Å². The second-order valence-electron chi connectivity index (χ2n) is 11.0. The van der Waals surface area contributed by atoms with E-state index in [2.05, 4.69) is 10.3 Å². The van der Waals surface area contributed by atoms with Gasteiger partial charge in [-0.05, 0) is 60.5 Å². The number of likely N-dealkylation sites (tertiary alicyclic amines) is 1. The van der Waals surface area contributed by atoms with Crippen LogP contribution in [0.4, 0.5) is 15.3 Å². The normalized spacial score (nSPS) is 16.6. The number of ether oxygens (including phenoxy) is 3. The van der Waals surface area contributed by atoms with Gasteiger partial charge in [-0.25, -0.2) is 19.1 Å². The molecule has 0 saturated carbocycles. The molecule has 36 heavy (non-hydrogen) atoms. The number of rotatable bonds is 6. The number of carbonyl (C=O) groups is 3. The third kappa shape index (κ3) is 6.96. The van der Waals surface area contributed by atoms with Crippen molar-refractivity contribution < 1.29 is 28.6 Å². The third-order valence-corrected chi connectivity index (χ3v) is 5.54. The van der Waals surface area contributed by atoms with Crippen LogP contribution in [-0.2, 0) is 14.2 Å². The van der Waals surface area contributed by atoms with E-state index >= 15 is 0 Å². The molecule has 1 atom stereocenters. The molecule has 1 saturated heterocycles. The number of nitrogens with zero attached hydrogens (tertiary/aromatic N) is 3. The highest BCUT2D eigenvalue weighted by Gasteiger charge is 2.29. The molecule has 1 aliphatic heterocycles. The second kappa shape index (κ2) is 10.9. The standard InChI is InChI=1S/C26H38N4O6/c1-25(2,3)35-23(32)29-13-8-9-17(15-29)28-19-10-12-27-22-21(19)18(20(31)11-14-34-7)16-30(22)24(33)36-26(4,5)6/h10,12,16-17H,8-9,11,13-15H2,1-7H3,(H,27,28)/t17-/m1/s1. The van der Waals surface area contributed by atoms with Crippen LogP contribution in [0.15, 0.2) is 18.5 Å². The molecule has 1 N–H and O–H groups in total. The molecule has 1 aliphatic rings. The van der Waals surface area contributed by atoms with Crippen molar-refractivity contribution in [3.05, 3.63) is 24.0 Å². The van der Waals surface area contributed by atoms with Crippen molar-refractivity contribution in [1.29, 1.82) is 0 Å². The van der Waals surface area contributed by atoms with Gasteiger partial charge in [0.05, 0.1) is 12.0 Å². The summed E-state index contributed by atoms with van der Waals surface area (Å²) >= 11 is 0. The minimum absolute atomic E-state index is 0.0660. The summed E-state index contributed by atoms with van der Waals surface area (Å²) in [5.74, 6) is -0.167. The number of amides is 1. The third-order valence-electron chi connectivity index (χ3n) is 5.54. The first-order valence-corrected chi connectivity index (χ1v) is 12.3. The minimum Gasteiger partial charge on any atom is -0.444 e. The van der Waals surface area contributed by atoms with E-state index < -0.39 is 17.3 Å². The van der Waals surface area contributed by atoms with Gasteiger partial charge in [-0.1, -0.05) is 0 Å². The first kappa shape index (κ1) is 27.4. The number of methoxy groups -OCH3 is 1. The van der Waals surface area contributed by atoms with Crippen molar-refractivity contribution in [2.75, 3.05) is 32.1 Å². The first-order valence-electron chi connectivity index (χ1n) is 12.3. The molecule has 0 unspecified atom stereocenters. The average Bonchev–Trinajstić information content (AvgIpc) is 3.16. The monoisotopic (exact) mass is 502 g/mol. The van der Waals surface area contributed by atoms with Gasteiger partial charge >= 0.3 is 12.2 Å². The van der Waals surface area contributed by atoms with Gasteiger partial charge in [-0.2, -0.15) is 0 Å². The number of hydrogen-bond donors (Lipinski definition) is 1. The molecule has 1 fully saturated rings. The fraction of sp³-hybridized carbons (Fsp3) is 0.615. The van der Waals surface area contributed by atoms with Crippen molar-refractivity contribution >= 4 is 34.7 Å². The molecule has 0 bridgehead atoms.